The maximum atomic E-state index is 5.73. The van der Waals surface area contributed by atoms with E-state index in [2.05, 4.69) is 12.2 Å². The topological polar surface area (TPSA) is 52.0 Å². The predicted molar refractivity (Wildman–Crippen MR) is 45.9 cm³/mol. The van der Waals surface area contributed by atoms with Crippen LogP contribution in [0, 0.1) is 17.3 Å². The number of nitrogens with two attached hydrogens (primary N) is 2. The zero-order valence-electron chi connectivity index (χ0n) is 6.79. The first-order valence-corrected chi connectivity index (χ1v) is 4.39. The van der Waals surface area contributed by atoms with Gasteiger partial charge in [0.2, 0.25) is 0 Å². The first-order chi connectivity index (χ1) is 5.29. The van der Waals surface area contributed by atoms with Gasteiger partial charge in [0.25, 0.3) is 0 Å². The normalized spacial score (nSPS) is 47.1. The number of fused-ring (bicyclic) bond motifs is 2. The van der Waals surface area contributed by atoms with Crippen molar-refractivity contribution in [2.45, 2.75) is 12.8 Å². The molecule has 0 amide bonds. The second kappa shape index (κ2) is 2.32. The summed E-state index contributed by atoms with van der Waals surface area (Å²) >= 11 is 0. The molecule has 0 aliphatic heterocycles. The molecule has 0 saturated heterocycles. The summed E-state index contributed by atoms with van der Waals surface area (Å²) in [7, 11) is 0. The Bertz CT molecular complexity index is 188. The highest BCUT2D eigenvalue weighted by Gasteiger charge is 2.45. The van der Waals surface area contributed by atoms with E-state index >= 15 is 0 Å². The molecule has 0 heterocycles. The van der Waals surface area contributed by atoms with Gasteiger partial charge in [-0.05, 0) is 31.2 Å². The van der Waals surface area contributed by atoms with Crippen molar-refractivity contribution in [3.05, 3.63) is 12.2 Å². The molecule has 2 aliphatic carbocycles. The quantitative estimate of drug-likeness (QED) is 0.566. The van der Waals surface area contributed by atoms with Crippen LogP contribution in [0.3, 0.4) is 0 Å². The molecule has 3 atom stereocenters. The van der Waals surface area contributed by atoms with Crippen molar-refractivity contribution >= 4 is 0 Å². The lowest BCUT2D eigenvalue weighted by molar-refractivity contribution is 0.383. The highest BCUT2D eigenvalue weighted by molar-refractivity contribution is 5.18. The lowest BCUT2D eigenvalue weighted by Crippen LogP contribution is -2.26. The molecule has 0 aromatic heterocycles. The standard InChI is InChI=1S/C9H16N2/c10-5-8-4-9(6-11)2-1-7(8)3-9/h1-2,7-8H,3-6,10-11H2. The van der Waals surface area contributed by atoms with Gasteiger partial charge < -0.3 is 11.5 Å². The van der Waals surface area contributed by atoms with Crippen molar-refractivity contribution in [2.75, 3.05) is 13.1 Å². The smallest absolute Gasteiger partial charge is 0.00145 e. The summed E-state index contributed by atoms with van der Waals surface area (Å²) in [4.78, 5) is 0. The summed E-state index contributed by atoms with van der Waals surface area (Å²) in [6, 6.07) is 0. The van der Waals surface area contributed by atoms with E-state index in [0.29, 0.717) is 11.3 Å². The third-order valence-corrected chi connectivity index (χ3v) is 3.32. The number of allylic oxidation sites excluding steroid dienone is 1. The number of hydrogen-bond donors (Lipinski definition) is 2. The van der Waals surface area contributed by atoms with Crippen molar-refractivity contribution in [3.8, 4) is 0 Å². The van der Waals surface area contributed by atoms with E-state index in [1.165, 1.54) is 12.8 Å². The van der Waals surface area contributed by atoms with Gasteiger partial charge in [-0.3, -0.25) is 0 Å². The number of hydrogen-bond acceptors (Lipinski definition) is 2. The van der Waals surface area contributed by atoms with Crippen LogP contribution in [0.1, 0.15) is 12.8 Å². The van der Waals surface area contributed by atoms with Crippen LogP contribution in [0.5, 0.6) is 0 Å². The molecule has 0 spiro atoms. The average molecular weight is 152 g/mol. The van der Waals surface area contributed by atoms with Crippen LogP contribution in [-0.2, 0) is 0 Å². The molecule has 2 rings (SSSR count). The zero-order chi connectivity index (χ0) is 7.90. The minimum Gasteiger partial charge on any atom is -0.330 e. The fourth-order valence-electron chi connectivity index (χ4n) is 2.57. The molecular weight excluding hydrogens is 136 g/mol. The summed E-state index contributed by atoms with van der Waals surface area (Å²) in [6.07, 6.45) is 7.10. The van der Waals surface area contributed by atoms with Crippen LogP contribution in [0.25, 0.3) is 0 Å². The minimum absolute atomic E-state index is 0.342. The lowest BCUT2D eigenvalue weighted by atomic mass is 9.85. The van der Waals surface area contributed by atoms with E-state index in [-0.39, 0.29) is 0 Å². The zero-order valence-corrected chi connectivity index (χ0v) is 6.79. The van der Waals surface area contributed by atoms with Gasteiger partial charge in [0.1, 0.15) is 0 Å². The Morgan fingerprint density at radius 3 is 2.64 bits per heavy atom. The molecular formula is C9H16N2. The van der Waals surface area contributed by atoms with Crippen LogP contribution in [-0.4, -0.2) is 13.1 Å². The summed E-state index contributed by atoms with van der Waals surface area (Å²) in [5.74, 6) is 1.45. The summed E-state index contributed by atoms with van der Waals surface area (Å²) < 4.78 is 0. The van der Waals surface area contributed by atoms with Gasteiger partial charge in [0.05, 0.1) is 0 Å². The Morgan fingerprint density at radius 2 is 2.18 bits per heavy atom. The van der Waals surface area contributed by atoms with Crippen LogP contribution in [0.2, 0.25) is 0 Å². The third kappa shape index (κ3) is 0.932. The van der Waals surface area contributed by atoms with Crippen molar-refractivity contribution in [2.24, 2.45) is 28.7 Å². The van der Waals surface area contributed by atoms with Crippen molar-refractivity contribution in [1.29, 1.82) is 0 Å². The third-order valence-electron chi connectivity index (χ3n) is 3.32. The summed E-state index contributed by atoms with van der Waals surface area (Å²) in [5, 5.41) is 0. The van der Waals surface area contributed by atoms with Crippen LogP contribution in [0.15, 0.2) is 12.2 Å². The average Bonchev–Trinajstić information content (AvgIpc) is 2.61. The fourth-order valence-corrected chi connectivity index (χ4v) is 2.57. The van der Waals surface area contributed by atoms with Crippen molar-refractivity contribution < 1.29 is 0 Å². The molecule has 1 saturated carbocycles. The van der Waals surface area contributed by atoms with E-state index in [1.807, 2.05) is 0 Å². The van der Waals surface area contributed by atoms with E-state index in [4.69, 9.17) is 11.5 Å². The second-order valence-electron chi connectivity index (χ2n) is 3.99. The minimum atomic E-state index is 0.342. The van der Waals surface area contributed by atoms with Gasteiger partial charge in [0, 0.05) is 12.0 Å². The molecule has 2 bridgehead atoms. The Kier molecular flexibility index (Phi) is 1.55. The van der Waals surface area contributed by atoms with Crippen LogP contribution in [0.4, 0.5) is 0 Å². The molecule has 3 unspecified atom stereocenters. The SMILES string of the molecule is NCC1CC2(CN)C=CC1C2. The molecule has 11 heavy (non-hydrogen) atoms. The second-order valence-corrected chi connectivity index (χ2v) is 3.99. The van der Waals surface area contributed by atoms with E-state index < -0.39 is 0 Å². The van der Waals surface area contributed by atoms with Gasteiger partial charge in [-0.1, -0.05) is 12.2 Å². The van der Waals surface area contributed by atoms with Crippen molar-refractivity contribution in [3.63, 3.8) is 0 Å². The van der Waals surface area contributed by atoms with Crippen LogP contribution < -0.4 is 11.5 Å². The molecule has 2 nitrogen and oxygen atoms in total. The Hall–Kier alpha value is -0.340. The summed E-state index contributed by atoms with van der Waals surface area (Å²) in [6.45, 7) is 1.63. The first-order valence-electron chi connectivity index (χ1n) is 4.39. The molecule has 0 aromatic rings. The van der Waals surface area contributed by atoms with Gasteiger partial charge in [-0.2, -0.15) is 0 Å². The molecule has 0 aromatic carbocycles. The molecule has 0 radical (unpaired) electrons. The fraction of sp³-hybridized carbons (Fsp3) is 0.778. The Morgan fingerprint density at radius 1 is 1.36 bits per heavy atom. The van der Waals surface area contributed by atoms with Crippen LogP contribution >= 0.6 is 0 Å². The number of rotatable bonds is 2. The predicted octanol–water partition coefficient (Wildman–Crippen LogP) is 0.486. The van der Waals surface area contributed by atoms with Gasteiger partial charge in [-0.15, -0.1) is 0 Å². The molecule has 2 heteroatoms. The van der Waals surface area contributed by atoms with Gasteiger partial charge in [0.15, 0.2) is 0 Å². The lowest BCUT2D eigenvalue weighted by Gasteiger charge is -2.23. The highest BCUT2D eigenvalue weighted by atomic mass is 14.7. The maximum absolute atomic E-state index is 5.73. The van der Waals surface area contributed by atoms with E-state index in [9.17, 15) is 0 Å². The largest absolute Gasteiger partial charge is 0.330 e. The van der Waals surface area contributed by atoms with Gasteiger partial charge in [-0.25, -0.2) is 0 Å². The Labute approximate surface area is 67.6 Å². The highest BCUT2D eigenvalue weighted by Crippen LogP contribution is 2.51. The Balaban J connectivity index is 2.16. The molecule has 4 N–H and O–H groups in total. The van der Waals surface area contributed by atoms with E-state index in [0.717, 1.165) is 19.0 Å². The molecule has 2 aliphatic rings. The first kappa shape index (κ1) is 7.32. The molecule has 62 valence electrons. The summed E-state index contributed by atoms with van der Waals surface area (Å²) in [5.41, 5.74) is 11.7. The van der Waals surface area contributed by atoms with Crippen molar-refractivity contribution in [1.82, 2.24) is 0 Å². The monoisotopic (exact) mass is 152 g/mol. The van der Waals surface area contributed by atoms with E-state index in [1.54, 1.807) is 0 Å². The van der Waals surface area contributed by atoms with Gasteiger partial charge >= 0.3 is 0 Å². The molecule has 1 fully saturated rings. The maximum Gasteiger partial charge on any atom is 0.00145 e.